The van der Waals surface area contributed by atoms with Gasteiger partial charge in [0, 0.05) is 28.9 Å². The molecule has 12 heteroatoms. The van der Waals surface area contributed by atoms with Crippen molar-refractivity contribution in [3.8, 4) is 11.4 Å². The van der Waals surface area contributed by atoms with E-state index in [0.29, 0.717) is 28.5 Å². The summed E-state index contributed by atoms with van der Waals surface area (Å²) < 4.78 is 41.1. The number of halogens is 4. The number of nitrogens with one attached hydrogen (secondary N) is 2. The van der Waals surface area contributed by atoms with Crippen molar-refractivity contribution in [1.82, 2.24) is 14.8 Å². The second-order valence-corrected chi connectivity index (χ2v) is 8.39. The topological polar surface area (TPSA) is 109 Å². The predicted molar refractivity (Wildman–Crippen MR) is 138 cm³/mol. The first kappa shape index (κ1) is 26.4. The molecule has 0 radical (unpaired) electrons. The molecule has 4 rings (SSSR count). The summed E-state index contributed by atoms with van der Waals surface area (Å²) in [6.07, 6.45) is -1.48. The van der Waals surface area contributed by atoms with Crippen LogP contribution in [0.15, 0.2) is 66.7 Å². The summed E-state index contributed by atoms with van der Waals surface area (Å²) in [6.45, 7) is 0. The summed E-state index contributed by atoms with van der Waals surface area (Å²) >= 11 is 6.16. The maximum absolute atomic E-state index is 13.1. The fourth-order valence-electron chi connectivity index (χ4n) is 3.62. The highest BCUT2D eigenvalue weighted by molar-refractivity contribution is 6.32. The lowest BCUT2D eigenvalue weighted by Crippen LogP contribution is -2.21. The Labute approximate surface area is 219 Å². The van der Waals surface area contributed by atoms with Crippen LogP contribution < -0.4 is 10.6 Å². The maximum Gasteiger partial charge on any atom is 0.418 e. The molecule has 194 valence electrons. The van der Waals surface area contributed by atoms with Gasteiger partial charge in [-0.3, -0.25) is 0 Å². The third kappa shape index (κ3) is 5.84. The third-order valence-electron chi connectivity index (χ3n) is 5.47. The number of benzene rings is 3. The average Bonchev–Trinajstić information content (AvgIpc) is 3.23. The van der Waals surface area contributed by atoms with Crippen LogP contribution in [-0.2, 0) is 13.2 Å². The van der Waals surface area contributed by atoms with Crippen molar-refractivity contribution in [2.45, 2.75) is 6.18 Å². The molecule has 3 N–H and O–H groups in total. The molecular weight excluding hydrogens is 523 g/mol. The van der Waals surface area contributed by atoms with Gasteiger partial charge in [-0.15, -0.1) is 10.2 Å². The summed E-state index contributed by atoms with van der Waals surface area (Å²) in [4.78, 5) is 23.8. The summed E-state index contributed by atoms with van der Waals surface area (Å²) in [5.41, 5.74) is 0.0605. The molecule has 0 aliphatic rings. The number of hydrogen-bond donors (Lipinski definition) is 3. The largest absolute Gasteiger partial charge is 0.478 e. The molecule has 0 bridgehead atoms. The van der Waals surface area contributed by atoms with Crippen molar-refractivity contribution in [2.24, 2.45) is 7.05 Å². The number of alkyl halides is 3. The molecule has 4 aromatic rings. The molecule has 0 saturated carbocycles. The van der Waals surface area contributed by atoms with Crippen molar-refractivity contribution < 1.29 is 27.9 Å². The first-order valence-corrected chi connectivity index (χ1v) is 11.4. The van der Waals surface area contributed by atoms with E-state index < -0.39 is 23.7 Å². The molecule has 3 aromatic carbocycles. The highest BCUT2D eigenvalue weighted by Gasteiger charge is 2.33. The quantitative estimate of drug-likeness (QED) is 0.253. The minimum absolute atomic E-state index is 0.0464. The second-order valence-electron chi connectivity index (χ2n) is 7.98. The number of carbonyl (C=O) groups excluding carboxylic acids is 1. The molecule has 0 saturated heterocycles. The Bertz CT molecular complexity index is 1530. The first-order valence-electron chi connectivity index (χ1n) is 11.0. The zero-order valence-electron chi connectivity index (χ0n) is 19.6. The molecule has 0 fully saturated rings. The number of para-hydroxylation sites is 1. The number of carboxylic acids is 1. The van der Waals surface area contributed by atoms with Crippen molar-refractivity contribution in [1.29, 1.82) is 0 Å². The number of rotatable bonds is 6. The van der Waals surface area contributed by atoms with E-state index in [2.05, 4.69) is 20.8 Å². The molecule has 38 heavy (non-hydrogen) atoms. The molecule has 1 aromatic heterocycles. The number of amides is 2. The van der Waals surface area contributed by atoms with Crippen LogP contribution in [0.2, 0.25) is 5.02 Å². The molecule has 0 spiro atoms. The number of nitrogens with zero attached hydrogens (tertiary/aromatic N) is 3. The standard InChI is InChI=1S/C26H19ClF3N5O3/c1-35-22(14-13-17-18(24(36)37)5-4-7-20(17)27)33-34-23(35)15-9-11-16(12-10-15)31-25(38)32-21-8-3-2-6-19(21)26(28,29)30/h2-14H,1H3,(H,36,37)(H2,31,32,38)/b14-13+. The fraction of sp³-hybridized carbons (Fsp3) is 0.0769. The van der Waals surface area contributed by atoms with Crippen LogP contribution in [0.3, 0.4) is 0 Å². The first-order chi connectivity index (χ1) is 18.0. The molecular formula is C26H19ClF3N5O3. The average molecular weight is 542 g/mol. The van der Waals surface area contributed by atoms with Gasteiger partial charge in [-0.05, 0) is 60.7 Å². The predicted octanol–water partition coefficient (Wildman–Crippen LogP) is 6.67. The Kier molecular flexibility index (Phi) is 7.49. The number of aromatic carboxylic acids is 1. The zero-order valence-corrected chi connectivity index (χ0v) is 20.4. The number of urea groups is 1. The Hall–Kier alpha value is -4.64. The highest BCUT2D eigenvalue weighted by Crippen LogP contribution is 2.34. The van der Waals surface area contributed by atoms with Crippen molar-refractivity contribution in [3.05, 3.63) is 94.3 Å². The number of hydrogen-bond acceptors (Lipinski definition) is 4. The highest BCUT2D eigenvalue weighted by atomic mass is 35.5. The van der Waals surface area contributed by atoms with Crippen molar-refractivity contribution in [3.63, 3.8) is 0 Å². The Morgan fingerprint density at radius 1 is 0.947 bits per heavy atom. The van der Waals surface area contributed by atoms with E-state index in [1.54, 1.807) is 60.2 Å². The molecule has 2 amide bonds. The SMILES string of the molecule is Cn1c(/C=C/c2c(Cl)cccc2C(=O)O)nnc1-c1ccc(NC(=O)Nc2ccccc2C(F)(F)F)cc1. The van der Waals surface area contributed by atoms with Gasteiger partial charge >= 0.3 is 18.2 Å². The van der Waals surface area contributed by atoms with E-state index in [-0.39, 0.29) is 16.3 Å². The van der Waals surface area contributed by atoms with Gasteiger partial charge < -0.3 is 20.3 Å². The fourth-order valence-corrected chi connectivity index (χ4v) is 3.85. The van der Waals surface area contributed by atoms with E-state index >= 15 is 0 Å². The molecule has 8 nitrogen and oxygen atoms in total. The van der Waals surface area contributed by atoms with Crippen LogP contribution in [0.5, 0.6) is 0 Å². The van der Waals surface area contributed by atoms with Crippen LogP contribution in [0.25, 0.3) is 23.5 Å². The Morgan fingerprint density at radius 2 is 1.66 bits per heavy atom. The van der Waals surface area contributed by atoms with Crippen LogP contribution in [0, 0.1) is 0 Å². The number of aromatic nitrogens is 3. The van der Waals surface area contributed by atoms with Gasteiger partial charge in [0.15, 0.2) is 11.6 Å². The lowest BCUT2D eigenvalue weighted by Gasteiger charge is -2.14. The van der Waals surface area contributed by atoms with E-state index in [0.717, 1.165) is 6.07 Å². The molecule has 0 aliphatic carbocycles. The third-order valence-corrected chi connectivity index (χ3v) is 5.80. The normalized spacial score (nSPS) is 11.5. The van der Waals surface area contributed by atoms with Crippen molar-refractivity contribution >= 4 is 47.1 Å². The lowest BCUT2D eigenvalue weighted by molar-refractivity contribution is -0.136. The maximum atomic E-state index is 13.1. The lowest BCUT2D eigenvalue weighted by atomic mass is 10.1. The molecule has 0 unspecified atom stereocenters. The van der Waals surface area contributed by atoms with E-state index in [9.17, 15) is 27.9 Å². The van der Waals surface area contributed by atoms with Gasteiger partial charge in [-0.25, -0.2) is 9.59 Å². The minimum Gasteiger partial charge on any atom is -0.478 e. The number of anilines is 2. The van der Waals surface area contributed by atoms with Gasteiger partial charge in [0.25, 0.3) is 0 Å². The summed E-state index contributed by atoms with van der Waals surface area (Å²) in [5, 5.41) is 22.7. The second kappa shape index (κ2) is 10.8. The van der Waals surface area contributed by atoms with Crippen LogP contribution in [-0.4, -0.2) is 31.9 Å². The van der Waals surface area contributed by atoms with Gasteiger partial charge in [0.05, 0.1) is 16.8 Å². The van der Waals surface area contributed by atoms with Crippen LogP contribution in [0.1, 0.15) is 27.3 Å². The van der Waals surface area contributed by atoms with E-state index in [1.807, 2.05) is 0 Å². The van der Waals surface area contributed by atoms with Crippen LogP contribution in [0.4, 0.5) is 29.3 Å². The van der Waals surface area contributed by atoms with Gasteiger partial charge in [0.1, 0.15) is 0 Å². The minimum atomic E-state index is -4.61. The van der Waals surface area contributed by atoms with Gasteiger partial charge in [0.2, 0.25) is 0 Å². The molecule has 1 heterocycles. The number of carboxylic acid groups (broad SMARTS) is 1. The van der Waals surface area contributed by atoms with Gasteiger partial charge in [-0.2, -0.15) is 13.2 Å². The van der Waals surface area contributed by atoms with E-state index in [4.69, 9.17) is 11.6 Å². The summed E-state index contributed by atoms with van der Waals surface area (Å²) in [6, 6.07) is 14.9. The molecule has 0 atom stereocenters. The van der Waals surface area contributed by atoms with E-state index in [1.165, 1.54) is 24.3 Å². The smallest absolute Gasteiger partial charge is 0.418 e. The van der Waals surface area contributed by atoms with Crippen molar-refractivity contribution in [2.75, 3.05) is 10.6 Å². The zero-order chi connectivity index (χ0) is 27.4. The van der Waals surface area contributed by atoms with Gasteiger partial charge in [-0.1, -0.05) is 29.8 Å². The Morgan fingerprint density at radius 3 is 2.34 bits per heavy atom. The monoisotopic (exact) mass is 541 g/mol. The number of carbonyl (C=O) groups is 2. The van der Waals surface area contributed by atoms with Crippen LogP contribution >= 0.6 is 11.6 Å². The Balaban J connectivity index is 1.48. The molecule has 0 aliphatic heterocycles. The summed E-state index contributed by atoms with van der Waals surface area (Å²) in [7, 11) is 1.72. The summed E-state index contributed by atoms with van der Waals surface area (Å²) in [5.74, 6) is -0.198.